The Morgan fingerprint density at radius 2 is 1.78 bits per heavy atom. The van der Waals surface area contributed by atoms with Gasteiger partial charge in [0.15, 0.2) is 17.3 Å². The Morgan fingerprint density at radius 1 is 1.04 bits per heavy atom. The fraction of sp³-hybridized carbons (Fsp3) is 0.118. The largest absolute Gasteiger partial charge is 0.493 e. The molecule has 0 aliphatic rings. The van der Waals surface area contributed by atoms with Gasteiger partial charge in [-0.15, -0.1) is 0 Å². The van der Waals surface area contributed by atoms with E-state index < -0.39 is 0 Å². The first-order valence-corrected chi connectivity index (χ1v) is 8.28. The number of ketones is 1. The lowest BCUT2D eigenvalue weighted by atomic mass is 10.1. The topological polar surface area (TPSA) is 47.6 Å². The summed E-state index contributed by atoms with van der Waals surface area (Å²) < 4.78 is 12.2. The van der Waals surface area contributed by atoms with Gasteiger partial charge in [-0.1, -0.05) is 15.9 Å². The molecule has 2 rings (SSSR count). The number of methoxy groups -OCH3 is 2. The maximum atomic E-state index is 12.2. The first-order valence-electron chi connectivity index (χ1n) is 6.69. The van der Waals surface area contributed by atoms with Crippen LogP contribution in [0.25, 0.3) is 0 Å². The van der Waals surface area contributed by atoms with Crippen LogP contribution < -0.4 is 14.8 Å². The molecule has 0 amide bonds. The van der Waals surface area contributed by atoms with E-state index in [0.29, 0.717) is 17.1 Å². The number of carbonyl (C=O) groups excluding carboxylic acids is 1. The molecule has 0 saturated carbocycles. The maximum Gasteiger partial charge on any atom is 0.187 e. The van der Waals surface area contributed by atoms with E-state index in [1.54, 1.807) is 31.5 Å². The van der Waals surface area contributed by atoms with Crippen LogP contribution in [0.3, 0.4) is 0 Å². The second-order valence-electron chi connectivity index (χ2n) is 4.54. The normalized spacial score (nSPS) is 10.6. The third kappa shape index (κ3) is 4.59. The zero-order valence-electron chi connectivity index (χ0n) is 12.6. The molecule has 0 radical (unpaired) electrons. The van der Waals surface area contributed by atoms with Crippen LogP contribution in [0.1, 0.15) is 10.4 Å². The molecule has 0 bridgehead atoms. The zero-order chi connectivity index (χ0) is 16.8. The summed E-state index contributed by atoms with van der Waals surface area (Å²) in [6, 6.07) is 10.8. The van der Waals surface area contributed by atoms with Gasteiger partial charge in [0, 0.05) is 26.8 Å². The highest BCUT2D eigenvalue weighted by Gasteiger charge is 2.08. The number of nitrogens with one attached hydrogen (secondary N) is 1. The van der Waals surface area contributed by atoms with Gasteiger partial charge in [-0.3, -0.25) is 4.79 Å². The van der Waals surface area contributed by atoms with Crippen LogP contribution in [0, 0.1) is 0 Å². The molecule has 2 aromatic carbocycles. The summed E-state index contributed by atoms with van der Waals surface area (Å²) in [4.78, 5) is 12.2. The molecule has 0 heterocycles. The summed E-state index contributed by atoms with van der Waals surface area (Å²) >= 11 is 6.84. The summed E-state index contributed by atoms with van der Waals surface area (Å²) in [7, 11) is 3.09. The zero-order valence-corrected chi connectivity index (χ0v) is 15.8. The fourth-order valence-electron chi connectivity index (χ4n) is 1.90. The molecule has 2 aromatic rings. The number of halogens is 2. The van der Waals surface area contributed by atoms with E-state index in [4.69, 9.17) is 9.47 Å². The summed E-state index contributed by atoms with van der Waals surface area (Å²) in [5.41, 5.74) is 1.39. The Kier molecular flexibility index (Phi) is 6.24. The maximum absolute atomic E-state index is 12.2. The monoisotopic (exact) mass is 439 g/mol. The summed E-state index contributed by atoms with van der Waals surface area (Å²) in [6.45, 7) is 0. The minimum absolute atomic E-state index is 0.133. The van der Waals surface area contributed by atoms with Crippen LogP contribution >= 0.6 is 31.9 Å². The first kappa shape index (κ1) is 17.6. The Labute approximate surface area is 151 Å². The van der Waals surface area contributed by atoms with Gasteiger partial charge < -0.3 is 14.8 Å². The van der Waals surface area contributed by atoms with Crippen molar-refractivity contribution in [1.82, 2.24) is 0 Å². The lowest BCUT2D eigenvalue weighted by Gasteiger charge is -2.08. The standard InChI is InChI=1S/C17H15Br2NO3/c1-22-16-6-3-11(9-17(16)23-2)15(21)7-8-20-14-5-4-12(18)10-13(14)19/h3-10,20H,1-2H3/b8-7+. The minimum Gasteiger partial charge on any atom is -0.493 e. The van der Waals surface area contributed by atoms with Crippen molar-refractivity contribution < 1.29 is 14.3 Å². The highest BCUT2D eigenvalue weighted by Crippen LogP contribution is 2.28. The average Bonchev–Trinajstić information content (AvgIpc) is 2.56. The minimum atomic E-state index is -0.133. The van der Waals surface area contributed by atoms with E-state index >= 15 is 0 Å². The molecule has 0 unspecified atom stereocenters. The van der Waals surface area contributed by atoms with Crippen LogP contribution in [-0.2, 0) is 0 Å². The van der Waals surface area contributed by atoms with Crippen molar-refractivity contribution in [1.29, 1.82) is 0 Å². The predicted octanol–water partition coefficient (Wildman–Crippen LogP) is 5.04. The smallest absolute Gasteiger partial charge is 0.187 e. The van der Waals surface area contributed by atoms with Gasteiger partial charge in [0.05, 0.1) is 19.9 Å². The number of benzene rings is 2. The number of hydrogen-bond acceptors (Lipinski definition) is 4. The molecule has 0 spiro atoms. The van der Waals surface area contributed by atoms with Crippen molar-refractivity contribution in [2.24, 2.45) is 0 Å². The van der Waals surface area contributed by atoms with Crippen LogP contribution in [0.2, 0.25) is 0 Å². The van der Waals surface area contributed by atoms with Gasteiger partial charge in [-0.25, -0.2) is 0 Å². The summed E-state index contributed by atoms with van der Waals surface area (Å²) in [6.07, 6.45) is 3.07. The van der Waals surface area contributed by atoms with Crippen LogP contribution in [0.5, 0.6) is 11.5 Å². The van der Waals surface area contributed by atoms with E-state index in [1.807, 2.05) is 18.2 Å². The first-order chi connectivity index (χ1) is 11.0. The van der Waals surface area contributed by atoms with Gasteiger partial charge in [0.25, 0.3) is 0 Å². The molecule has 23 heavy (non-hydrogen) atoms. The van der Waals surface area contributed by atoms with Gasteiger partial charge >= 0.3 is 0 Å². The Morgan fingerprint density at radius 3 is 2.43 bits per heavy atom. The average molecular weight is 441 g/mol. The van der Waals surface area contributed by atoms with Crippen molar-refractivity contribution in [3.63, 3.8) is 0 Å². The van der Waals surface area contributed by atoms with Gasteiger partial charge in [-0.2, -0.15) is 0 Å². The molecule has 0 fully saturated rings. The van der Waals surface area contributed by atoms with Crippen molar-refractivity contribution in [3.05, 3.63) is 63.2 Å². The molecular formula is C17H15Br2NO3. The molecule has 0 aliphatic carbocycles. The quantitative estimate of drug-likeness (QED) is 0.505. The highest BCUT2D eigenvalue weighted by atomic mass is 79.9. The van der Waals surface area contributed by atoms with E-state index in [9.17, 15) is 4.79 Å². The van der Waals surface area contributed by atoms with E-state index in [2.05, 4.69) is 37.2 Å². The van der Waals surface area contributed by atoms with E-state index in [0.717, 1.165) is 14.6 Å². The number of anilines is 1. The molecule has 0 saturated heterocycles. The molecule has 120 valence electrons. The number of ether oxygens (including phenoxy) is 2. The number of rotatable bonds is 6. The molecule has 0 atom stereocenters. The predicted molar refractivity (Wildman–Crippen MR) is 98.5 cm³/mol. The second kappa shape index (κ2) is 8.17. The number of hydrogen-bond donors (Lipinski definition) is 1. The molecule has 0 aliphatic heterocycles. The van der Waals surface area contributed by atoms with E-state index in [-0.39, 0.29) is 5.78 Å². The Bertz CT molecular complexity index is 745. The van der Waals surface area contributed by atoms with Crippen LogP contribution in [0.4, 0.5) is 5.69 Å². The third-order valence-electron chi connectivity index (χ3n) is 3.07. The van der Waals surface area contributed by atoms with Gasteiger partial charge in [-0.05, 0) is 52.3 Å². The lowest BCUT2D eigenvalue weighted by molar-refractivity contribution is 0.104. The molecular weight excluding hydrogens is 426 g/mol. The third-order valence-corrected chi connectivity index (χ3v) is 4.22. The Balaban J connectivity index is 2.09. The van der Waals surface area contributed by atoms with Gasteiger partial charge in [0.2, 0.25) is 0 Å². The summed E-state index contributed by atoms with van der Waals surface area (Å²) in [5, 5.41) is 3.07. The van der Waals surface area contributed by atoms with E-state index in [1.165, 1.54) is 13.2 Å². The second-order valence-corrected chi connectivity index (χ2v) is 6.31. The SMILES string of the molecule is COc1ccc(C(=O)/C=C/Nc2ccc(Br)cc2Br)cc1OC. The number of carbonyl (C=O) groups is 1. The lowest BCUT2D eigenvalue weighted by Crippen LogP contribution is -1.99. The van der Waals surface area contributed by atoms with Crippen molar-refractivity contribution in [3.8, 4) is 11.5 Å². The van der Waals surface area contributed by atoms with Gasteiger partial charge in [0.1, 0.15) is 0 Å². The van der Waals surface area contributed by atoms with Crippen LogP contribution in [0.15, 0.2) is 57.6 Å². The van der Waals surface area contributed by atoms with Crippen molar-refractivity contribution in [2.75, 3.05) is 19.5 Å². The molecule has 4 nitrogen and oxygen atoms in total. The number of allylic oxidation sites excluding steroid dienone is 1. The van der Waals surface area contributed by atoms with Crippen molar-refractivity contribution >= 4 is 43.3 Å². The molecule has 6 heteroatoms. The Hall–Kier alpha value is -1.79. The van der Waals surface area contributed by atoms with Crippen molar-refractivity contribution in [2.45, 2.75) is 0 Å². The molecule has 0 aromatic heterocycles. The summed E-state index contributed by atoms with van der Waals surface area (Å²) in [5.74, 6) is 0.979. The van der Waals surface area contributed by atoms with Crippen LogP contribution in [-0.4, -0.2) is 20.0 Å². The fourth-order valence-corrected chi connectivity index (χ4v) is 3.06. The highest BCUT2D eigenvalue weighted by molar-refractivity contribution is 9.11. The molecule has 1 N–H and O–H groups in total.